The smallest absolute Gasteiger partial charge is 0.226 e. The van der Waals surface area contributed by atoms with Gasteiger partial charge in [-0.3, -0.25) is 9.48 Å². The molecular weight excluding hydrogens is 310 g/mol. The number of hydrogen-bond acceptors (Lipinski definition) is 2. The fourth-order valence-electron chi connectivity index (χ4n) is 2.51. The average Bonchev–Trinajstić information content (AvgIpc) is 2.86. The normalized spacial score (nSPS) is 10.9. The molecule has 0 saturated heterocycles. The largest absolute Gasteiger partial charge is 0.326 e. The van der Waals surface area contributed by atoms with E-state index in [0.29, 0.717) is 18.1 Å². The molecule has 0 saturated carbocycles. The summed E-state index contributed by atoms with van der Waals surface area (Å²) in [5.74, 6) is -0.0380. The van der Waals surface area contributed by atoms with E-state index in [1.165, 1.54) is 5.56 Å². The van der Waals surface area contributed by atoms with Gasteiger partial charge in [0, 0.05) is 17.5 Å². The van der Waals surface area contributed by atoms with Gasteiger partial charge < -0.3 is 5.32 Å². The van der Waals surface area contributed by atoms with Crippen LogP contribution in [0.1, 0.15) is 17.5 Å². The van der Waals surface area contributed by atoms with Crippen LogP contribution in [-0.4, -0.2) is 15.7 Å². The zero-order chi connectivity index (χ0) is 16.4. The summed E-state index contributed by atoms with van der Waals surface area (Å²) in [6, 6.07) is 13.6. The predicted octanol–water partition coefficient (Wildman–Crippen LogP) is 4.34. The number of amides is 1. The summed E-state index contributed by atoms with van der Waals surface area (Å²) in [5.41, 5.74) is 4.13. The molecule has 4 nitrogen and oxygen atoms in total. The third-order valence-corrected chi connectivity index (χ3v) is 4.23. The van der Waals surface area contributed by atoms with Gasteiger partial charge in [0.15, 0.2) is 5.15 Å². The van der Waals surface area contributed by atoms with Gasteiger partial charge in [0.25, 0.3) is 0 Å². The van der Waals surface area contributed by atoms with Gasteiger partial charge in [-0.1, -0.05) is 29.8 Å². The molecule has 2 aromatic carbocycles. The molecule has 23 heavy (non-hydrogen) atoms. The Labute approximate surface area is 140 Å². The highest BCUT2D eigenvalue weighted by Gasteiger charge is 2.10. The molecule has 3 aromatic rings. The minimum absolute atomic E-state index is 0.0380. The lowest BCUT2D eigenvalue weighted by Crippen LogP contribution is -2.15. The molecule has 0 spiro atoms. The van der Waals surface area contributed by atoms with Crippen molar-refractivity contribution < 1.29 is 4.79 Å². The van der Waals surface area contributed by atoms with Crippen molar-refractivity contribution in [3.63, 3.8) is 0 Å². The average molecular weight is 328 g/mol. The van der Waals surface area contributed by atoms with Gasteiger partial charge in [0.05, 0.1) is 12.1 Å². The molecule has 3 rings (SSSR count). The van der Waals surface area contributed by atoms with Gasteiger partial charge in [0.1, 0.15) is 0 Å². The minimum atomic E-state index is -0.0380. The number of fused-ring (bicyclic) bond motifs is 1. The fourth-order valence-corrected chi connectivity index (χ4v) is 2.76. The molecule has 1 heterocycles. The number of carbonyl (C=O) groups excluding carboxylic acids is 1. The van der Waals surface area contributed by atoms with Crippen LogP contribution in [0.4, 0.5) is 5.69 Å². The molecule has 0 aliphatic rings. The molecule has 0 bridgehead atoms. The maximum absolute atomic E-state index is 12.1. The van der Waals surface area contributed by atoms with Crippen molar-refractivity contribution >= 4 is 34.1 Å². The van der Waals surface area contributed by atoms with E-state index in [-0.39, 0.29) is 5.91 Å². The lowest BCUT2D eigenvalue weighted by Gasteiger charge is -2.08. The van der Waals surface area contributed by atoms with Crippen molar-refractivity contribution in [2.24, 2.45) is 0 Å². The molecule has 1 aromatic heterocycles. The zero-order valence-electron chi connectivity index (χ0n) is 13.1. The molecule has 118 valence electrons. The van der Waals surface area contributed by atoms with Crippen molar-refractivity contribution in [3.8, 4) is 0 Å². The van der Waals surface area contributed by atoms with E-state index in [1.54, 1.807) is 4.68 Å². The van der Waals surface area contributed by atoms with Crippen molar-refractivity contribution in [2.45, 2.75) is 26.8 Å². The Morgan fingerprint density at radius 2 is 1.96 bits per heavy atom. The van der Waals surface area contributed by atoms with Crippen LogP contribution in [-0.2, 0) is 11.3 Å². The highest BCUT2D eigenvalue weighted by molar-refractivity contribution is 6.34. The van der Waals surface area contributed by atoms with Gasteiger partial charge in [0.2, 0.25) is 5.91 Å². The maximum Gasteiger partial charge on any atom is 0.226 e. The number of benzene rings is 2. The monoisotopic (exact) mass is 327 g/mol. The Kier molecular flexibility index (Phi) is 4.35. The maximum atomic E-state index is 12.1. The van der Waals surface area contributed by atoms with E-state index >= 15 is 0 Å². The number of rotatable bonds is 4. The first kappa shape index (κ1) is 15.6. The van der Waals surface area contributed by atoms with Crippen LogP contribution in [0.2, 0.25) is 5.15 Å². The number of nitrogens with zero attached hydrogens (tertiary/aromatic N) is 2. The Bertz CT molecular complexity index is 870. The Hall–Kier alpha value is -2.33. The molecule has 5 heteroatoms. The first-order valence-electron chi connectivity index (χ1n) is 7.53. The number of aromatic nitrogens is 2. The molecule has 0 fully saturated rings. The highest BCUT2D eigenvalue weighted by atomic mass is 35.5. The minimum Gasteiger partial charge on any atom is -0.326 e. The number of para-hydroxylation sites is 1. The first-order valence-corrected chi connectivity index (χ1v) is 7.90. The summed E-state index contributed by atoms with van der Waals surface area (Å²) in [5, 5.41) is 8.59. The van der Waals surface area contributed by atoms with Crippen LogP contribution in [0.3, 0.4) is 0 Å². The molecule has 0 unspecified atom stereocenters. The second-order valence-corrected chi connectivity index (χ2v) is 5.99. The molecule has 1 amide bonds. The van der Waals surface area contributed by atoms with E-state index in [0.717, 1.165) is 22.2 Å². The molecule has 0 aliphatic carbocycles. The summed E-state index contributed by atoms with van der Waals surface area (Å²) < 4.78 is 1.78. The lowest BCUT2D eigenvalue weighted by molar-refractivity contribution is -0.116. The predicted molar refractivity (Wildman–Crippen MR) is 93.9 cm³/mol. The van der Waals surface area contributed by atoms with E-state index in [9.17, 15) is 4.79 Å². The number of nitrogens with one attached hydrogen (secondary N) is 1. The van der Waals surface area contributed by atoms with Crippen LogP contribution in [0.25, 0.3) is 10.9 Å². The molecular formula is C18H18ClN3O. The Morgan fingerprint density at radius 1 is 1.17 bits per heavy atom. The summed E-state index contributed by atoms with van der Waals surface area (Å²) in [4.78, 5) is 12.1. The number of aryl methyl sites for hydroxylation is 3. The molecule has 0 radical (unpaired) electrons. The van der Waals surface area contributed by atoms with E-state index in [2.05, 4.69) is 10.4 Å². The van der Waals surface area contributed by atoms with Crippen LogP contribution >= 0.6 is 11.6 Å². The van der Waals surface area contributed by atoms with Gasteiger partial charge in [-0.25, -0.2) is 0 Å². The number of anilines is 1. The Morgan fingerprint density at radius 3 is 2.74 bits per heavy atom. The van der Waals surface area contributed by atoms with Crippen molar-refractivity contribution in [1.82, 2.24) is 9.78 Å². The highest BCUT2D eigenvalue weighted by Crippen LogP contribution is 2.22. The quantitative estimate of drug-likeness (QED) is 0.775. The summed E-state index contributed by atoms with van der Waals surface area (Å²) in [6.45, 7) is 4.57. The van der Waals surface area contributed by atoms with Crippen molar-refractivity contribution in [1.29, 1.82) is 0 Å². The summed E-state index contributed by atoms with van der Waals surface area (Å²) >= 11 is 6.12. The van der Waals surface area contributed by atoms with Crippen molar-refractivity contribution in [3.05, 3.63) is 58.7 Å². The SMILES string of the molecule is Cc1ccc(NC(=O)CCn2nc(Cl)c3ccccc32)cc1C. The van der Waals surface area contributed by atoms with E-state index in [4.69, 9.17) is 11.6 Å². The van der Waals surface area contributed by atoms with Crippen LogP contribution < -0.4 is 5.32 Å². The number of carbonyl (C=O) groups is 1. The van der Waals surface area contributed by atoms with E-state index < -0.39 is 0 Å². The fraction of sp³-hybridized carbons (Fsp3) is 0.222. The standard InChI is InChI=1S/C18H18ClN3O/c1-12-7-8-14(11-13(12)2)20-17(23)9-10-22-16-6-4-3-5-15(16)18(19)21-22/h3-8,11H,9-10H2,1-2H3,(H,20,23). The third kappa shape index (κ3) is 3.37. The van der Waals surface area contributed by atoms with Crippen LogP contribution in [0, 0.1) is 13.8 Å². The second-order valence-electron chi connectivity index (χ2n) is 5.63. The Balaban J connectivity index is 1.67. The second kappa shape index (κ2) is 6.42. The zero-order valence-corrected chi connectivity index (χ0v) is 13.9. The third-order valence-electron chi connectivity index (χ3n) is 3.95. The van der Waals surface area contributed by atoms with Crippen LogP contribution in [0.5, 0.6) is 0 Å². The van der Waals surface area contributed by atoms with Crippen LogP contribution in [0.15, 0.2) is 42.5 Å². The first-order chi connectivity index (χ1) is 11.0. The lowest BCUT2D eigenvalue weighted by atomic mass is 10.1. The summed E-state index contributed by atoms with van der Waals surface area (Å²) in [6.07, 6.45) is 0.342. The van der Waals surface area contributed by atoms with Gasteiger partial charge in [-0.2, -0.15) is 5.10 Å². The molecule has 1 N–H and O–H groups in total. The van der Waals surface area contributed by atoms with Gasteiger partial charge >= 0.3 is 0 Å². The number of hydrogen-bond donors (Lipinski definition) is 1. The summed E-state index contributed by atoms with van der Waals surface area (Å²) in [7, 11) is 0. The molecule has 0 aliphatic heterocycles. The topological polar surface area (TPSA) is 46.9 Å². The van der Waals surface area contributed by atoms with E-state index in [1.807, 2.05) is 56.3 Å². The van der Waals surface area contributed by atoms with Gasteiger partial charge in [-0.15, -0.1) is 0 Å². The molecule has 0 atom stereocenters. The number of halogens is 1. The van der Waals surface area contributed by atoms with Crippen molar-refractivity contribution in [2.75, 3.05) is 5.32 Å². The van der Waals surface area contributed by atoms with Gasteiger partial charge in [-0.05, 0) is 49.2 Å².